The number of carboxylic acids is 1. The van der Waals surface area contributed by atoms with Gasteiger partial charge in [0, 0.05) is 48.7 Å². The van der Waals surface area contributed by atoms with Crippen LogP contribution in [0.1, 0.15) is 50.9 Å². The van der Waals surface area contributed by atoms with E-state index >= 15 is 0 Å². The number of fused-ring (bicyclic) bond motifs is 3. The van der Waals surface area contributed by atoms with E-state index < -0.39 is 36.0 Å². The van der Waals surface area contributed by atoms with Gasteiger partial charge in [0.1, 0.15) is 34.5 Å². The van der Waals surface area contributed by atoms with Crippen LogP contribution in [0.25, 0.3) is 22.1 Å². The molecule has 1 aromatic carbocycles. The lowest BCUT2D eigenvalue weighted by molar-refractivity contribution is -0.228. The number of aromatic nitrogens is 3. The van der Waals surface area contributed by atoms with Crippen LogP contribution < -0.4 is 14.5 Å². The minimum absolute atomic E-state index is 0.0193. The normalized spacial score (nSPS) is 24.4. The molecular formula is C36H37F2N5O7. The maximum absolute atomic E-state index is 14.1. The molecule has 0 bridgehead atoms. The summed E-state index contributed by atoms with van der Waals surface area (Å²) in [6, 6.07) is 7.68. The standard InChI is InChI=1S/C36H37F2N5O7/c1-21-36(19-47-20-36)48-14-11-42(21)25-15-22(7-8-35(2)9-12-46-13-10-35)17-39-33(25)49-23-16-26(34(44)45)43(18-23)32-29-28(40-31(41-32)30(37)38)24-5-3-4-6-27(24)50-29/h3-6,15,17,21,23,26,30H,9-14,16,18-20H2,1-2H3,(H,44,45)/t21-,23-,26-/m0/s1. The highest BCUT2D eigenvalue weighted by atomic mass is 19.3. The molecule has 3 atom stereocenters. The van der Waals surface area contributed by atoms with E-state index in [4.69, 9.17) is 28.3 Å². The van der Waals surface area contributed by atoms with E-state index in [0.29, 0.717) is 62.1 Å². The molecule has 8 rings (SSSR count). The molecule has 0 aliphatic carbocycles. The van der Waals surface area contributed by atoms with Crippen molar-refractivity contribution >= 4 is 39.5 Å². The largest absolute Gasteiger partial charge is 0.480 e. The number of aliphatic carboxylic acids is 1. The minimum Gasteiger partial charge on any atom is -0.480 e. The van der Waals surface area contributed by atoms with Gasteiger partial charge in [0.05, 0.1) is 32.4 Å². The molecule has 14 heteroatoms. The number of morpholine rings is 1. The average Bonchev–Trinajstić information content (AvgIpc) is 3.69. The summed E-state index contributed by atoms with van der Waals surface area (Å²) < 4.78 is 58.0. The topological polar surface area (TPSA) is 133 Å². The molecule has 7 heterocycles. The molecule has 4 aliphatic rings. The number of para-hydroxylation sites is 1. The second-order valence-corrected chi connectivity index (χ2v) is 13.7. The molecule has 1 N–H and O–H groups in total. The number of rotatable bonds is 6. The van der Waals surface area contributed by atoms with Gasteiger partial charge >= 0.3 is 5.97 Å². The van der Waals surface area contributed by atoms with E-state index in [1.807, 2.05) is 6.07 Å². The van der Waals surface area contributed by atoms with E-state index in [0.717, 1.165) is 18.4 Å². The van der Waals surface area contributed by atoms with Gasteiger partial charge in [0.15, 0.2) is 17.2 Å². The van der Waals surface area contributed by atoms with E-state index in [9.17, 15) is 18.7 Å². The predicted octanol–water partition coefficient (Wildman–Crippen LogP) is 4.98. The summed E-state index contributed by atoms with van der Waals surface area (Å²) in [5, 5.41) is 10.9. The van der Waals surface area contributed by atoms with Crippen LogP contribution in [0.4, 0.5) is 20.3 Å². The first-order chi connectivity index (χ1) is 24.1. The Bertz CT molecular complexity index is 2000. The molecule has 0 amide bonds. The summed E-state index contributed by atoms with van der Waals surface area (Å²) in [4.78, 5) is 29.3. The van der Waals surface area contributed by atoms with Crippen molar-refractivity contribution in [3.8, 4) is 17.7 Å². The Labute approximate surface area is 286 Å². The van der Waals surface area contributed by atoms with Crippen molar-refractivity contribution in [1.82, 2.24) is 15.0 Å². The molecule has 4 saturated heterocycles. The number of nitrogens with zero attached hydrogens (tertiary/aromatic N) is 5. The van der Waals surface area contributed by atoms with Crippen LogP contribution in [0.2, 0.25) is 0 Å². The Balaban J connectivity index is 1.15. The summed E-state index contributed by atoms with van der Waals surface area (Å²) in [6.07, 6.45) is -0.252. The lowest BCUT2D eigenvalue weighted by atomic mass is 9.83. The van der Waals surface area contributed by atoms with Crippen LogP contribution >= 0.6 is 0 Å². The fourth-order valence-electron chi connectivity index (χ4n) is 7.27. The van der Waals surface area contributed by atoms with Crippen LogP contribution in [-0.4, -0.2) is 95.9 Å². The number of halogens is 2. The van der Waals surface area contributed by atoms with Gasteiger partial charge < -0.3 is 38.3 Å². The molecule has 50 heavy (non-hydrogen) atoms. The third-order valence-electron chi connectivity index (χ3n) is 10.4. The maximum Gasteiger partial charge on any atom is 0.326 e. The SMILES string of the molecule is C[C@@H]1N(c2cc(C#CC3(C)CCOCC3)cnc2O[C@H]2C[C@@H](C(=O)O)N(c3nc(C(F)F)nc4c3oc3ccccc34)C2)CCOC12COC2. The average molecular weight is 690 g/mol. The molecule has 1 spiro atoms. The minimum atomic E-state index is -2.98. The van der Waals surface area contributed by atoms with Gasteiger partial charge in [-0.3, -0.25) is 0 Å². The smallest absolute Gasteiger partial charge is 0.326 e. The number of hydrogen-bond acceptors (Lipinski definition) is 11. The predicted molar refractivity (Wildman–Crippen MR) is 178 cm³/mol. The van der Waals surface area contributed by atoms with Crippen molar-refractivity contribution in [1.29, 1.82) is 0 Å². The van der Waals surface area contributed by atoms with Gasteiger partial charge in [-0.15, -0.1) is 0 Å². The van der Waals surface area contributed by atoms with Crippen molar-refractivity contribution in [2.24, 2.45) is 5.41 Å². The highest BCUT2D eigenvalue weighted by Crippen LogP contribution is 2.41. The number of alkyl halides is 2. The van der Waals surface area contributed by atoms with Crippen molar-refractivity contribution < 1.29 is 42.0 Å². The molecule has 0 unspecified atom stereocenters. The molecule has 12 nitrogen and oxygen atoms in total. The second-order valence-electron chi connectivity index (χ2n) is 13.7. The molecular weight excluding hydrogens is 652 g/mol. The highest BCUT2D eigenvalue weighted by molar-refractivity contribution is 6.06. The Hall–Kier alpha value is -4.58. The molecule has 4 fully saturated rings. The second kappa shape index (κ2) is 12.6. The van der Waals surface area contributed by atoms with Crippen LogP contribution in [0.5, 0.6) is 5.88 Å². The summed E-state index contributed by atoms with van der Waals surface area (Å²) in [5.74, 6) is 5.22. The lowest BCUT2D eigenvalue weighted by Gasteiger charge is -2.53. The number of ether oxygens (including phenoxy) is 4. The highest BCUT2D eigenvalue weighted by Gasteiger charge is 2.50. The number of furan rings is 1. The van der Waals surface area contributed by atoms with E-state index in [2.05, 4.69) is 40.6 Å². The number of anilines is 2. The lowest BCUT2D eigenvalue weighted by Crippen LogP contribution is -2.68. The molecule has 4 aromatic rings. The quantitative estimate of drug-likeness (QED) is 0.274. The summed E-state index contributed by atoms with van der Waals surface area (Å²) in [6.45, 7) is 7.60. The summed E-state index contributed by atoms with van der Waals surface area (Å²) in [5.41, 5.74) is 1.57. The Morgan fingerprint density at radius 1 is 1.12 bits per heavy atom. The third-order valence-corrected chi connectivity index (χ3v) is 10.4. The van der Waals surface area contributed by atoms with Gasteiger partial charge in [-0.2, -0.15) is 0 Å². The monoisotopic (exact) mass is 689 g/mol. The first kappa shape index (κ1) is 32.6. The molecule has 0 saturated carbocycles. The fraction of sp³-hybridized carbons (Fsp3) is 0.500. The van der Waals surface area contributed by atoms with Gasteiger partial charge in [0.25, 0.3) is 6.43 Å². The van der Waals surface area contributed by atoms with Crippen molar-refractivity contribution in [3.05, 3.63) is 47.9 Å². The number of carboxylic acid groups (broad SMARTS) is 1. The van der Waals surface area contributed by atoms with Gasteiger partial charge in [-0.05, 0) is 44.9 Å². The molecule has 3 aromatic heterocycles. The van der Waals surface area contributed by atoms with Crippen LogP contribution in [-0.2, 0) is 19.0 Å². The summed E-state index contributed by atoms with van der Waals surface area (Å²) in [7, 11) is 0. The summed E-state index contributed by atoms with van der Waals surface area (Å²) >= 11 is 0. The maximum atomic E-state index is 14.1. The molecule has 0 radical (unpaired) electrons. The number of hydrogen-bond donors (Lipinski definition) is 1. The van der Waals surface area contributed by atoms with Gasteiger partial charge in [0.2, 0.25) is 5.88 Å². The van der Waals surface area contributed by atoms with Crippen molar-refractivity contribution in [2.75, 3.05) is 55.9 Å². The number of benzene rings is 1. The third kappa shape index (κ3) is 5.76. The van der Waals surface area contributed by atoms with E-state index in [1.54, 1.807) is 30.5 Å². The first-order valence-electron chi connectivity index (χ1n) is 16.9. The number of pyridine rings is 1. The van der Waals surface area contributed by atoms with Crippen LogP contribution in [0.3, 0.4) is 0 Å². The van der Waals surface area contributed by atoms with E-state index in [1.165, 1.54) is 4.90 Å². The van der Waals surface area contributed by atoms with Crippen LogP contribution in [0.15, 0.2) is 40.9 Å². The Morgan fingerprint density at radius 3 is 2.66 bits per heavy atom. The first-order valence-corrected chi connectivity index (χ1v) is 16.9. The fourth-order valence-corrected chi connectivity index (χ4v) is 7.27. The van der Waals surface area contributed by atoms with Crippen LogP contribution in [0, 0.1) is 17.3 Å². The molecule has 262 valence electrons. The zero-order chi connectivity index (χ0) is 34.6. The van der Waals surface area contributed by atoms with Gasteiger partial charge in [-0.25, -0.2) is 28.5 Å². The zero-order valence-electron chi connectivity index (χ0n) is 27.7. The van der Waals surface area contributed by atoms with Crippen molar-refractivity contribution in [2.45, 2.75) is 63.3 Å². The Kier molecular flexibility index (Phi) is 8.24. The van der Waals surface area contributed by atoms with Gasteiger partial charge in [-0.1, -0.05) is 24.0 Å². The zero-order valence-corrected chi connectivity index (χ0v) is 27.7. The Morgan fingerprint density at radius 2 is 1.92 bits per heavy atom. The van der Waals surface area contributed by atoms with E-state index in [-0.39, 0.29) is 41.3 Å². The molecule has 4 aliphatic heterocycles. The number of carbonyl (C=O) groups is 1. The van der Waals surface area contributed by atoms with Crippen molar-refractivity contribution in [3.63, 3.8) is 0 Å².